The number of nitro benzene ring substituents is 1. The van der Waals surface area contributed by atoms with Crippen LogP contribution in [0.1, 0.15) is 61.6 Å². The van der Waals surface area contributed by atoms with Gasteiger partial charge in [-0.15, -0.1) is 0 Å². The normalized spacial score (nSPS) is 15.2. The molecule has 1 aliphatic rings. The molecule has 2 aromatic carbocycles. The SMILES string of the molecule is COc1cc(C2CCCCC2)c(/C(C)=N/OCc2ccc([N+](=O)[O-])cc2)cc1O. The maximum Gasteiger partial charge on any atom is 0.269 e. The number of methoxy groups -OCH3 is 1. The molecule has 1 fully saturated rings. The molecule has 0 aliphatic heterocycles. The van der Waals surface area contributed by atoms with Crippen molar-refractivity contribution in [2.45, 2.75) is 51.6 Å². The molecule has 29 heavy (non-hydrogen) atoms. The fourth-order valence-electron chi connectivity index (χ4n) is 3.78. The number of phenolic OH excluding ortho intramolecular Hbond substituents is 1. The molecule has 154 valence electrons. The molecule has 0 saturated heterocycles. The number of ether oxygens (including phenoxy) is 1. The number of oxime groups is 1. The Morgan fingerprint density at radius 2 is 1.90 bits per heavy atom. The molecule has 0 radical (unpaired) electrons. The van der Waals surface area contributed by atoms with E-state index >= 15 is 0 Å². The minimum Gasteiger partial charge on any atom is -0.504 e. The Bertz CT molecular complexity index is 887. The number of aromatic hydroxyl groups is 1. The molecule has 1 aliphatic carbocycles. The van der Waals surface area contributed by atoms with Crippen LogP contribution < -0.4 is 4.74 Å². The van der Waals surface area contributed by atoms with Crippen molar-refractivity contribution in [2.24, 2.45) is 5.16 Å². The van der Waals surface area contributed by atoms with Gasteiger partial charge in [-0.2, -0.15) is 0 Å². The minimum absolute atomic E-state index is 0.0410. The molecule has 0 atom stereocenters. The van der Waals surface area contributed by atoms with E-state index in [-0.39, 0.29) is 18.0 Å². The highest BCUT2D eigenvalue weighted by Gasteiger charge is 2.22. The number of phenols is 1. The summed E-state index contributed by atoms with van der Waals surface area (Å²) in [6.07, 6.45) is 5.86. The highest BCUT2D eigenvalue weighted by Crippen LogP contribution is 2.39. The van der Waals surface area contributed by atoms with Gasteiger partial charge < -0.3 is 14.7 Å². The summed E-state index contributed by atoms with van der Waals surface area (Å²) in [6, 6.07) is 9.79. The van der Waals surface area contributed by atoms with E-state index in [0.717, 1.165) is 29.5 Å². The predicted molar refractivity (Wildman–Crippen MR) is 111 cm³/mol. The number of benzene rings is 2. The van der Waals surface area contributed by atoms with Crippen LogP contribution in [0.15, 0.2) is 41.6 Å². The highest BCUT2D eigenvalue weighted by molar-refractivity contribution is 6.00. The summed E-state index contributed by atoms with van der Waals surface area (Å²) in [5.74, 6) is 0.953. The van der Waals surface area contributed by atoms with Gasteiger partial charge in [0.25, 0.3) is 5.69 Å². The standard InChI is InChI=1S/C22H26N2O5/c1-15(23-29-14-16-8-10-18(11-9-16)24(26)27)19-12-21(25)22(28-2)13-20(19)17-6-4-3-5-7-17/h8-13,17,25H,3-7,14H2,1-2H3/b23-15+. The van der Waals surface area contributed by atoms with Gasteiger partial charge in [-0.3, -0.25) is 10.1 Å². The Morgan fingerprint density at radius 3 is 2.52 bits per heavy atom. The highest BCUT2D eigenvalue weighted by atomic mass is 16.6. The first kappa shape index (κ1) is 20.6. The third-order valence-electron chi connectivity index (χ3n) is 5.37. The summed E-state index contributed by atoms with van der Waals surface area (Å²) in [4.78, 5) is 15.8. The lowest BCUT2D eigenvalue weighted by atomic mass is 9.81. The number of non-ortho nitro benzene ring substituents is 1. The molecule has 0 aromatic heterocycles. The zero-order valence-electron chi connectivity index (χ0n) is 16.8. The van der Waals surface area contributed by atoms with Crippen LogP contribution in [0.2, 0.25) is 0 Å². The maximum absolute atomic E-state index is 10.7. The van der Waals surface area contributed by atoms with E-state index in [2.05, 4.69) is 5.16 Å². The van der Waals surface area contributed by atoms with Crippen molar-refractivity contribution in [1.82, 2.24) is 0 Å². The minimum atomic E-state index is -0.435. The Hall–Kier alpha value is -3.09. The summed E-state index contributed by atoms with van der Waals surface area (Å²) >= 11 is 0. The molecule has 1 saturated carbocycles. The summed E-state index contributed by atoms with van der Waals surface area (Å²) in [7, 11) is 1.55. The lowest BCUT2D eigenvalue weighted by Crippen LogP contribution is -2.11. The van der Waals surface area contributed by atoms with E-state index in [9.17, 15) is 15.2 Å². The van der Waals surface area contributed by atoms with Gasteiger partial charge in [-0.1, -0.05) is 24.4 Å². The molecule has 7 nitrogen and oxygen atoms in total. The van der Waals surface area contributed by atoms with E-state index in [1.165, 1.54) is 31.4 Å². The average Bonchev–Trinajstić information content (AvgIpc) is 2.74. The van der Waals surface area contributed by atoms with E-state index in [1.54, 1.807) is 25.3 Å². The number of nitro groups is 1. The first-order chi connectivity index (χ1) is 14.0. The van der Waals surface area contributed by atoms with Gasteiger partial charge in [0.1, 0.15) is 6.61 Å². The Balaban J connectivity index is 1.78. The van der Waals surface area contributed by atoms with Crippen LogP contribution in [0.25, 0.3) is 0 Å². The Labute approximate surface area is 170 Å². The van der Waals surface area contributed by atoms with Crippen LogP contribution in [0.5, 0.6) is 11.5 Å². The molecule has 1 N–H and O–H groups in total. The molecule has 2 aromatic rings. The van der Waals surface area contributed by atoms with Crippen molar-refractivity contribution in [3.63, 3.8) is 0 Å². The van der Waals surface area contributed by atoms with Gasteiger partial charge in [0.2, 0.25) is 0 Å². The van der Waals surface area contributed by atoms with E-state index in [0.29, 0.717) is 17.4 Å². The van der Waals surface area contributed by atoms with E-state index in [4.69, 9.17) is 9.57 Å². The second-order valence-electron chi connectivity index (χ2n) is 7.32. The number of nitrogens with zero attached hydrogens (tertiary/aromatic N) is 2. The van der Waals surface area contributed by atoms with Crippen molar-refractivity contribution < 1.29 is 19.6 Å². The van der Waals surface area contributed by atoms with Crippen LogP contribution in [0.3, 0.4) is 0 Å². The molecule has 0 bridgehead atoms. The van der Waals surface area contributed by atoms with Crippen LogP contribution in [-0.2, 0) is 11.4 Å². The monoisotopic (exact) mass is 398 g/mol. The molecule has 0 spiro atoms. The molecule has 0 unspecified atom stereocenters. The molecule has 3 rings (SSSR count). The quantitative estimate of drug-likeness (QED) is 0.388. The van der Waals surface area contributed by atoms with Crippen molar-refractivity contribution in [1.29, 1.82) is 0 Å². The van der Waals surface area contributed by atoms with Gasteiger partial charge in [-0.05, 0) is 61.1 Å². The van der Waals surface area contributed by atoms with Crippen LogP contribution >= 0.6 is 0 Å². The second kappa shape index (κ2) is 9.41. The fourth-order valence-corrected chi connectivity index (χ4v) is 3.78. The smallest absolute Gasteiger partial charge is 0.269 e. The average molecular weight is 398 g/mol. The third-order valence-corrected chi connectivity index (χ3v) is 5.37. The largest absolute Gasteiger partial charge is 0.504 e. The maximum atomic E-state index is 10.7. The van der Waals surface area contributed by atoms with Gasteiger partial charge in [0, 0.05) is 17.7 Å². The lowest BCUT2D eigenvalue weighted by Gasteiger charge is -2.25. The van der Waals surface area contributed by atoms with Crippen molar-refractivity contribution in [2.75, 3.05) is 7.11 Å². The number of hydrogen-bond donors (Lipinski definition) is 1. The van der Waals surface area contributed by atoms with Gasteiger partial charge in [0.15, 0.2) is 11.5 Å². The van der Waals surface area contributed by atoms with E-state index < -0.39 is 4.92 Å². The Morgan fingerprint density at radius 1 is 1.21 bits per heavy atom. The van der Waals surface area contributed by atoms with Crippen LogP contribution in [0.4, 0.5) is 5.69 Å². The molecule has 7 heteroatoms. The number of hydrogen-bond acceptors (Lipinski definition) is 6. The summed E-state index contributed by atoms with van der Waals surface area (Å²) < 4.78 is 5.31. The van der Waals surface area contributed by atoms with E-state index in [1.807, 2.05) is 13.0 Å². The zero-order valence-corrected chi connectivity index (χ0v) is 16.8. The van der Waals surface area contributed by atoms with Crippen molar-refractivity contribution >= 4 is 11.4 Å². The second-order valence-corrected chi connectivity index (χ2v) is 7.32. The van der Waals surface area contributed by atoms with Crippen molar-refractivity contribution in [3.05, 3.63) is 63.2 Å². The van der Waals surface area contributed by atoms with Crippen molar-refractivity contribution in [3.8, 4) is 11.5 Å². The van der Waals surface area contributed by atoms with Gasteiger partial charge >= 0.3 is 0 Å². The zero-order chi connectivity index (χ0) is 20.8. The van der Waals surface area contributed by atoms with Gasteiger partial charge in [0.05, 0.1) is 17.7 Å². The first-order valence-corrected chi connectivity index (χ1v) is 9.80. The molecule has 0 heterocycles. The molecular formula is C22H26N2O5. The molecule has 0 amide bonds. The fraction of sp³-hybridized carbons (Fsp3) is 0.409. The topological polar surface area (TPSA) is 94.2 Å². The summed E-state index contributed by atoms with van der Waals surface area (Å²) in [6.45, 7) is 2.06. The first-order valence-electron chi connectivity index (χ1n) is 9.80. The van der Waals surface area contributed by atoms with Gasteiger partial charge in [-0.25, -0.2) is 0 Å². The number of rotatable bonds is 7. The Kier molecular flexibility index (Phi) is 6.69. The third kappa shape index (κ3) is 5.04. The summed E-state index contributed by atoms with van der Waals surface area (Å²) in [5.41, 5.74) is 3.49. The van der Waals surface area contributed by atoms with Crippen LogP contribution in [0, 0.1) is 10.1 Å². The van der Waals surface area contributed by atoms with Crippen LogP contribution in [-0.4, -0.2) is 22.9 Å². The predicted octanol–water partition coefficient (Wildman–Crippen LogP) is 5.30. The molecular weight excluding hydrogens is 372 g/mol. The lowest BCUT2D eigenvalue weighted by molar-refractivity contribution is -0.384. The summed E-state index contributed by atoms with van der Waals surface area (Å²) in [5, 5.41) is 25.2.